The Kier molecular flexibility index (Phi) is 7.46. The van der Waals surface area contributed by atoms with Crippen molar-refractivity contribution in [3.8, 4) is 5.75 Å². The lowest BCUT2D eigenvalue weighted by Gasteiger charge is -2.40. The van der Waals surface area contributed by atoms with Crippen LogP contribution in [0.3, 0.4) is 0 Å². The molecule has 0 amide bonds. The molecule has 0 spiro atoms. The Morgan fingerprint density at radius 2 is 1.77 bits per heavy atom. The molecule has 0 radical (unpaired) electrons. The molecule has 1 unspecified atom stereocenters. The van der Waals surface area contributed by atoms with Crippen molar-refractivity contribution in [3.63, 3.8) is 0 Å². The first kappa shape index (κ1) is 22.7. The fourth-order valence-electron chi connectivity index (χ4n) is 3.34. The number of hydrogen-bond acceptors (Lipinski definition) is 7. The van der Waals surface area contributed by atoms with Crippen LogP contribution in [0.5, 0.6) is 5.75 Å². The Hall–Kier alpha value is -2.00. The maximum Gasteiger partial charge on any atom is 0.186 e. The van der Waals surface area contributed by atoms with E-state index in [0.29, 0.717) is 28.5 Å². The predicted octanol–water partition coefficient (Wildman–Crippen LogP) is 2.48. The maximum absolute atomic E-state index is 10.4. The summed E-state index contributed by atoms with van der Waals surface area (Å²) in [6, 6.07) is 12.8. The molecule has 0 saturated carbocycles. The Balaban J connectivity index is 1.77. The molecular formula is C22H26ClNO6. The van der Waals surface area contributed by atoms with Gasteiger partial charge in [-0.2, -0.15) is 0 Å². The molecule has 1 aliphatic heterocycles. The van der Waals surface area contributed by atoms with E-state index >= 15 is 0 Å². The van der Waals surface area contributed by atoms with Gasteiger partial charge in [0.2, 0.25) is 0 Å². The molecule has 30 heavy (non-hydrogen) atoms. The zero-order valence-electron chi connectivity index (χ0n) is 16.8. The molecule has 0 aromatic heterocycles. The molecule has 2 aromatic rings. The number of halogens is 1. The van der Waals surface area contributed by atoms with E-state index in [-0.39, 0.29) is 6.61 Å². The van der Waals surface area contributed by atoms with E-state index in [1.165, 1.54) is 7.11 Å². The zero-order valence-corrected chi connectivity index (χ0v) is 17.5. The van der Waals surface area contributed by atoms with Gasteiger partial charge in [-0.1, -0.05) is 35.9 Å². The summed E-state index contributed by atoms with van der Waals surface area (Å²) in [5.74, 6) is 0.682. The van der Waals surface area contributed by atoms with Gasteiger partial charge in [-0.25, -0.2) is 0 Å². The first-order valence-electron chi connectivity index (χ1n) is 9.56. The molecule has 0 aliphatic carbocycles. The van der Waals surface area contributed by atoms with Crippen LogP contribution in [0, 0.1) is 5.41 Å². The van der Waals surface area contributed by atoms with E-state index in [1.807, 2.05) is 30.3 Å². The van der Waals surface area contributed by atoms with Crippen LogP contribution >= 0.6 is 11.6 Å². The van der Waals surface area contributed by atoms with Crippen molar-refractivity contribution in [2.45, 2.75) is 44.1 Å². The number of aliphatic hydroxyl groups is 3. The van der Waals surface area contributed by atoms with E-state index in [0.717, 1.165) is 11.1 Å². The van der Waals surface area contributed by atoms with Crippen LogP contribution < -0.4 is 4.74 Å². The van der Waals surface area contributed by atoms with Crippen molar-refractivity contribution in [2.75, 3.05) is 13.7 Å². The number of benzene rings is 2. The summed E-state index contributed by atoms with van der Waals surface area (Å²) in [6.07, 6.45) is -5.43. The van der Waals surface area contributed by atoms with Crippen molar-refractivity contribution in [3.05, 3.63) is 64.2 Å². The van der Waals surface area contributed by atoms with Crippen molar-refractivity contribution in [1.82, 2.24) is 0 Å². The van der Waals surface area contributed by atoms with Gasteiger partial charge in [-0.05, 0) is 48.2 Å². The van der Waals surface area contributed by atoms with Crippen LogP contribution in [-0.4, -0.2) is 59.3 Å². The fraction of sp³-hybridized carbons (Fsp3) is 0.409. The normalized spacial score (nSPS) is 26.4. The van der Waals surface area contributed by atoms with Crippen molar-refractivity contribution >= 4 is 17.3 Å². The molecule has 3 rings (SSSR count). The van der Waals surface area contributed by atoms with Crippen LogP contribution in [0.2, 0.25) is 5.02 Å². The number of hydrogen-bond donors (Lipinski definition) is 4. The highest BCUT2D eigenvalue weighted by Gasteiger charge is 2.44. The van der Waals surface area contributed by atoms with E-state index in [1.54, 1.807) is 19.1 Å². The number of ether oxygens (including phenoxy) is 3. The molecule has 2 aromatic carbocycles. The Bertz CT molecular complexity index is 872. The van der Waals surface area contributed by atoms with Gasteiger partial charge in [0, 0.05) is 17.8 Å². The van der Waals surface area contributed by atoms with Gasteiger partial charge in [0.1, 0.15) is 36.8 Å². The number of aliphatic hydroxyl groups excluding tert-OH is 3. The van der Waals surface area contributed by atoms with Gasteiger partial charge in [0.25, 0.3) is 0 Å². The second-order valence-corrected chi connectivity index (χ2v) is 7.78. The Labute approximate surface area is 180 Å². The summed E-state index contributed by atoms with van der Waals surface area (Å²) in [5, 5.41) is 38.5. The second kappa shape index (κ2) is 9.87. The minimum Gasteiger partial charge on any atom is -0.488 e. The summed E-state index contributed by atoms with van der Waals surface area (Å²) in [6.45, 7) is 1.94. The van der Waals surface area contributed by atoms with Crippen molar-refractivity contribution < 1.29 is 29.5 Å². The standard InChI is InChI=1S/C22H26ClNO6/c1-12(24)11-29-16-6-3-13(4-7-16)9-15-10-14(5-8-17(15)23)21-19(26)18(25)20(27)22(28-2)30-21/h3-8,10,18-22,24-27H,9,11H2,1-2H3/t18-,19-,20+,21?,22+/m1/s1. The molecule has 0 bridgehead atoms. The highest BCUT2D eigenvalue weighted by molar-refractivity contribution is 6.31. The van der Waals surface area contributed by atoms with E-state index in [4.69, 9.17) is 31.2 Å². The average molecular weight is 436 g/mol. The second-order valence-electron chi connectivity index (χ2n) is 7.37. The maximum atomic E-state index is 10.4. The topological polar surface area (TPSA) is 112 Å². The van der Waals surface area contributed by atoms with Gasteiger partial charge >= 0.3 is 0 Å². The fourth-order valence-corrected chi connectivity index (χ4v) is 3.52. The van der Waals surface area contributed by atoms with Crippen LogP contribution in [0.15, 0.2) is 42.5 Å². The highest BCUT2D eigenvalue weighted by atomic mass is 35.5. The first-order chi connectivity index (χ1) is 14.3. The molecule has 8 heteroatoms. The largest absolute Gasteiger partial charge is 0.488 e. The van der Waals surface area contributed by atoms with Gasteiger partial charge in [-0.15, -0.1) is 0 Å². The minimum absolute atomic E-state index is 0.250. The van der Waals surface area contributed by atoms with Crippen LogP contribution in [0.25, 0.3) is 0 Å². The van der Waals surface area contributed by atoms with E-state index < -0.39 is 30.7 Å². The van der Waals surface area contributed by atoms with E-state index in [9.17, 15) is 15.3 Å². The number of rotatable bonds is 7. The Morgan fingerprint density at radius 3 is 2.40 bits per heavy atom. The molecule has 5 atom stereocenters. The summed E-state index contributed by atoms with van der Waals surface area (Å²) in [7, 11) is 1.36. The quantitative estimate of drug-likeness (QED) is 0.497. The average Bonchev–Trinajstić information content (AvgIpc) is 2.73. The van der Waals surface area contributed by atoms with Crippen LogP contribution in [0.4, 0.5) is 0 Å². The highest BCUT2D eigenvalue weighted by Crippen LogP contribution is 2.34. The lowest BCUT2D eigenvalue weighted by atomic mass is 9.92. The molecule has 4 N–H and O–H groups in total. The molecule has 1 saturated heterocycles. The minimum atomic E-state index is -1.40. The predicted molar refractivity (Wildman–Crippen MR) is 112 cm³/mol. The third-order valence-corrected chi connectivity index (χ3v) is 5.34. The lowest BCUT2D eigenvalue weighted by Crippen LogP contribution is -2.54. The van der Waals surface area contributed by atoms with Gasteiger partial charge in [0.05, 0.1) is 0 Å². The lowest BCUT2D eigenvalue weighted by molar-refractivity contribution is -0.292. The monoisotopic (exact) mass is 435 g/mol. The Morgan fingerprint density at radius 1 is 1.07 bits per heavy atom. The van der Waals surface area contributed by atoms with Crippen molar-refractivity contribution in [1.29, 1.82) is 5.41 Å². The summed E-state index contributed by atoms with van der Waals surface area (Å²) in [4.78, 5) is 0. The smallest absolute Gasteiger partial charge is 0.186 e. The summed E-state index contributed by atoms with van der Waals surface area (Å²) in [5.41, 5.74) is 2.89. The summed E-state index contributed by atoms with van der Waals surface area (Å²) >= 11 is 6.38. The molecular weight excluding hydrogens is 410 g/mol. The molecule has 1 fully saturated rings. The van der Waals surface area contributed by atoms with Crippen LogP contribution in [-0.2, 0) is 15.9 Å². The van der Waals surface area contributed by atoms with Crippen LogP contribution in [0.1, 0.15) is 29.7 Å². The SMILES string of the molecule is CO[C@H]1OC(c2ccc(Cl)c(Cc3ccc(OCC(C)=N)cc3)c2)[C@H](O)[C@@H](O)[C@@H]1O. The van der Waals surface area contributed by atoms with Crippen molar-refractivity contribution in [2.24, 2.45) is 0 Å². The van der Waals surface area contributed by atoms with Gasteiger partial charge in [0.15, 0.2) is 6.29 Å². The summed E-state index contributed by atoms with van der Waals surface area (Å²) < 4.78 is 16.2. The third kappa shape index (κ3) is 5.18. The van der Waals surface area contributed by atoms with Gasteiger partial charge < -0.3 is 34.9 Å². The number of nitrogens with one attached hydrogen (secondary N) is 1. The third-order valence-electron chi connectivity index (χ3n) is 4.97. The van der Waals surface area contributed by atoms with Gasteiger partial charge in [-0.3, -0.25) is 0 Å². The molecule has 7 nitrogen and oxygen atoms in total. The molecule has 1 aliphatic rings. The molecule has 1 heterocycles. The first-order valence-corrected chi connectivity index (χ1v) is 9.94. The number of methoxy groups -OCH3 is 1. The zero-order chi connectivity index (χ0) is 21.8. The van der Waals surface area contributed by atoms with E-state index in [2.05, 4.69) is 0 Å². The molecule has 162 valence electrons.